The second-order valence-electron chi connectivity index (χ2n) is 18.4. The second kappa shape index (κ2) is 56.7. The summed E-state index contributed by atoms with van der Waals surface area (Å²) in [6.07, 6.45) is 76.6. The quantitative estimate of drug-likeness (QED) is 0.0262. The summed E-state index contributed by atoms with van der Waals surface area (Å²) in [5.74, 6) is -1.01. The smallest absolute Gasteiger partial charge is 0.306 e. The van der Waals surface area contributed by atoms with E-state index in [1.807, 2.05) is 6.08 Å². The predicted molar refractivity (Wildman–Crippen MR) is 297 cm³/mol. The number of rotatable bonds is 50. The van der Waals surface area contributed by atoms with Crippen molar-refractivity contribution < 1.29 is 28.6 Å². The van der Waals surface area contributed by atoms with Gasteiger partial charge in [0.25, 0.3) is 0 Å². The van der Waals surface area contributed by atoms with Crippen molar-refractivity contribution >= 4 is 17.9 Å². The standard InChI is InChI=1S/C63H104O6/c1-4-7-10-13-16-19-22-25-28-30-31-33-35-38-41-44-47-50-53-56-62(65)68-59-60(58-67-61(64)55-52-49-46-43-40-37-34-27-24-21-18-15-12-9-6-3)69-63(66)57-54-51-48-45-42-39-36-32-29-26-23-20-17-14-11-8-5-2/h7,9-10,12,16,18-19,21,25,27-28,31,33-34,38,41,47,50,60H,4-6,8,11,13-15,17,20,22-24,26,29-30,32,35-37,39-40,42-46,48-49,51-59H2,1-3H3/b10-7+,12-9+,19-16+,21-18+,28-25+,33-31+,34-27+,41-38+,50-47+/t60-/m1/s1. The summed E-state index contributed by atoms with van der Waals surface area (Å²) in [5, 5.41) is 0. The van der Waals surface area contributed by atoms with Gasteiger partial charge in [-0.2, -0.15) is 0 Å². The van der Waals surface area contributed by atoms with Crippen LogP contribution in [0.5, 0.6) is 0 Å². The van der Waals surface area contributed by atoms with Crippen LogP contribution in [-0.4, -0.2) is 37.2 Å². The van der Waals surface area contributed by atoms with E-state index in [9.17, 15) is 14.4 Å². The van der Waals surface area contributed by atoms with Crippen LogP contribution < -0.4 is 0 Å². The van der Waals surface area contributed by atoms with Gasteiger partial charge in [0.05, 0.1) is 0 Å². The first-order valence-corrected chi connectivity index (χ1v) is 28.4. The van der Waals surface area contributed by atoms with E-state index in [1.165, 1.54) is 89.9 Å². The average molecular weight is 958 g/mol. The highest BCUT2D eigenvalue weighted by atomic mass is 16.6. The zero-order valence-corrected chi connectivity index (χ0v) is 44.8. The number of unbranched alkanes of at least 4 members (excludes halogenated alkanes) is 21. The van der Waals surface area contributed by atoms with E-state index < -0.39 is 6.10 Å². The molecule has 6 nitrogen and oxygen atoms in total. The van der Waals surface area contributed by atoms with E-state index in [-0.39, 0.29) is 37.5 Å². The lowest BCUT2D eigenvalue weighted by Crippen LogP contribution is -2.30. The molecule has 0 amide bonds. The van der Waals surface area contributed by atoms with E-state index in [0.29, 0.717) is 19.3 Å². The van der Waals surface area contributed by atoms with Crippen molar-refractivity contribution in [2.75, 3.05) is 13.2 Å². The Morgan fingerprint density at radius 1 is 0.304 bits per heavy atom. The van der Waals surface area contributed by atoms with Crippen molar-refractivity contribution in [1.82, 2.24) is 0 Å². The van der Waals surface area contributed by atoms with Gasteiger partial charge in [0, 0.05) is 19.3 Å². The van der Waals surface area contributed by atoms with E-state index in [0.717, 1.165) is 116 Å². The maximum atomic E-state index is 12.9. The Kier molecular flexibility index (Phi) is 53.4. The Balaban J connectivity index is 4.52. The summed E-state index contributed by atoms with van der Waals surface area (Å²) in [6.45, 7) is 6.34. The first kappa shape index (κ1) is 65.1. The molecule has 0 N–H and O–H groups in total. The summed E-state index contributed by atoms with van der Waals surface area (Å²) in [5.41, 5.74) is 0. The largest absolute Gasteiger partial charge is 0.462 e. The fourth-order valence-corrected chi connectivity index (χ4v) is 7.60. The highest BCUT2D eigenvalue weighted by molar-refractivity contribution is 5.71. The molecule has 1 atom stereocenters. The van der Waals surface area contributed by atoms with Crippen molar-refractivity contribution in [3.63, 3.8) is 0 Å². The van der Waals surface area contributed by atoms with Crippen molar-refractivity contribution in [2.24, 2.45) is 0 Å². The van der Waals surface area contributed by atoms with Gasteiger partial charge in [0.1, 0.15) is 13.2 Å². The number of ether oxygens (including phenoxy) is 3. The molecule has 0 unspecified atom stereocenters. The van der Waals surface area contributed by atoms with Crippen LogP contribution in [0.1, 0.15) is 252 Å². The molecule has 0 radical (unpaired) electrons. The SMILES string of the molecule is CC/C=C/C/C=C/C/C=C/C/C=C/C/C=C/C/C=C/CCC(=O)OC[C@@H](COC(=O)CCCCCCC/C=C/C/C=C/C/C=C/CC)OC(=O)CCCCCCCCCCCCCCCCCCC. The van der Waals surface area contributed by atoms with E-state index in [2.05, 4.69) is 124 Å². The zero-order valence-electron chi connectivity index (χ0n) is 44.8. The molecular weight excluding hydrogens is 853 g/mol. The Labute approximate surface area is 425 Å². The molecule has 0 rings (SSSR count). The van der Waals surface area contributed by atoms with Gasteiger partial charge in [0.15, 0.2) is 6.10 Å². The van der Waals surface area contributed by atoms with Crippen molar-refractivity contribution in [3.05, 3.63) is 109 Å². The minimum Gasteiger partial charge on any atom is -0.462 e. The van der Waals surface area contributed by atoms with Crippen LogP contribution in [0.15, 0.2) is 109 Å². The summed E-state index contributed by atoms with van der Waals surface area (Å²) < 4.78 is 16.8. The van der Waals surface area contributed by atoms with Gasteiger partial charge in [-0.25, -0.2) is 0 Å². The summed E-state index contributed by atoms with van der Waals surface area (Å²) >= 11 is 0. The third kappa shape index (κ3) is 54.9. The number of esters is 3. The number of carbonyl (C=O) groups is 3. The minimum absolute atomic E-state index is 0.110. The van der Waals surface area contributed by atoms with Crippen LogP contribution in [0, 0.1) is 0 Å². The van der Waals surface area contributed by atoms with Crippen LogP contribution in [-0.2, 0) is 28.6 Å². The molecule has 0 aliphatic heterocycles. The Morgan fingerprint density at radius 2 is 0.594 bits per heavy atom. The van der Waals surface area contributed by atoms with E-state index in [1.54, 1.807) is 0 Å². The van der Waals surface area contributed by atoms with Crippen molar-refractivity contribution in [3.8, 4) is 0 Å². The molecule has 0 saturated heterocycles. The summed E-state index contributed by atoms with van der Waals surface area (Å²) in [4.78, 5) is 38.1. The van der Waals surface area contributed by atoms with Crippen molar-refractivity contribution in [2.45, 2.75) is 258 Å². The molecule has 0 aromatic rings. The fraction of sp³-hybridized carbons (Fsp3) is 0.667. The number of carbonyl (C=O) groups excluding carboxylic acids is 3. The minimum atomic E-state index is -0.816. The van der Waals surface area contributed by atoms with Crippen LogP contribution >= 0.6 is 0 Å². The van der Waals surface area contributed by atoms with Gasteiger partial charge < -0.3 is 14.2 Å². The molecule has 6 heteroatoms. The topological polar surface area (TPSA) is 78.9 Å². The molecule has 0 fully saturated rings. The molecule has 0 saturated carbocycles. The number of hydrogen-bond donors (Lipinski definition) is 0. The molecule has 0 heterocycles. The normalized spacial score (nSPS) is 12.9. The van der Waals surface area contributed by atoms with Gasteiger partial charge in [0.2, 0.25) is 0 Å². The molecule has 0 spiro atoms. The van der Waals surface area contributed by atoms with Crippen LogP contribution in [0.3, 0.4) is 0 Å². The monoisotopic (exact) mass is 957 g/mol. The van der Waals surface area contributed by atoms with Crippen LogP contribution in [0.25, 0.3) is 0 Å². The molecule has 0 aliphatic carbocycles. The third-order valence-electron chi connectivity index (χ3n) is 11.8. The average Bonchev–Trinajstić information content (AvgIpc) is 3.35. The lowest BCUT2D eigenvalue weighted by molar-refractivity contribution is -0.166. The fourth-order valence-electron chi connectivity index (χ4n) is 7.60. The summed E-state index contributed by atoms with van der Waals surface area (Å²) in [6, 6.07) is 0. The first-order chi connectivity index (χ1) is 34.0. The predicted octanol–water partition coefficient (Wildman–Crippen LogP) is 19.1. The molecule has 0 bridgehead atoms. The third-order valence-corrected chi connectivity index (χ3v) is 11.8. The molecule has 69 heavy (non-hydrogen) atoms. The maximum Gasteiger partial charge on any atom is 0.306 e. The van der Waals surface area contributed by atoms with Crippen LogP contribution in [0.4, 0.5) is 0 Å². The molecule has 0 aromatic heterocycles. The highest BCUT2D eigenvalue weighted by Crippen LogP contribution is 2.15. The lowest BCUT2D eigenvalue weighted by atomic mass is 10.0. The Morgan fingerprint density at radius 3 is 0.971 bits per heavy atom. The van der Waals surface area contributed by atoms with Gasteiger partial charge in [-0.3, -0.25) is 14.4 Å². The van der Waals surface area contributed by atoms with E-state index in [4.69, 9.17) is 14.2 Å². The van der Waals surface area contributed by atoms with Crippen molar-refractivity contribution in [1.29, 1.82) is 0 Å². The number of hydrogen-bond acceptors (Lipinski definition) is 6. The molecular formula is C63H104O6. The molecule has 0 aliphatic rings. The van der Waals surface area contributed by atoms with Crippen LogP contribution in [0.2, 0.25) is 0 Å². The zero-order chi connectivity index (χ0) is 50.0. The maximum absolute atomic E-state index is 12.9. The van der Waals surface area contributed by atoms with Gasteiger partial charge >= 0.3 is 17.9 Å². The molecule has 392 valence electrons. The number of allylic oxidation sites excluding steroid dienone is 18. The van der Waals surface area contributed by atoms with Gasteiger partial charge in [-0.05, 0) is 89.9 Å². The summed E-state index contributed by atoms with van der Waals surface area (Å²) in [7, 11) is 0. The Hall–Kier alpha value is -3.93. The van der Waals surface area contributed by atoms with Gasteiger partial charge in [-0.15, -0.1) is 0 Å². The Bertz CT molecular complexity index is 1420. The lowest BCUT2D eigenvalue weighted by Gasteiger charge is -2.18. The second-order valence-corrected chi connectivity index (χ2v) is 18.4. The van der Waals surface area contributed by atoms with Gasteiger partial charge in [-0.1, -0.05) is 252 Å². The van der Waals surface area contributed by atoms with E-state index >= 15 is 0 Å². The highest BCUT2D eigenvalue weighted by Gasteiger charge is 2.19. The molecule has 0 aromatic carbocycles. The first-order valence-electron chi connectivity index (χ1n) is 28.4.